The molecule has 0 bridgehead atoms. The SMILES string of the molecule is CC(C)(C)c1nc(-c2ccc(F)cc2)c(N)n1C1CC1. The van der Waals surface area contributed by atoms with Gasteiger partial charge in [-0.1, -0.05) is 20.8 Å². The van der Waals surface area contributed by atoms with Gasteiger partial charge >= 0.3 is 0 Å². The predicted molar refractivity (Wildman–Crippen MR) is 79.0 cm³/mol. The number of aromatic nitrogens is 2. The third-order valence-electron chi connectivity index (χ3n) is 3.65. The highest BCUT2D eigenvalue weighted by atomic mass is 19.1. The largest absolute Gasteiger partial charge is 0.383 e. The highest BCUT2D eigenvalue weighted by molar-refractivity contribution is 5.71. The Balaban J connectivity index is 2.15. The van der Waals surface area contributed by atoms with E-state index in [2.05, 4.69) is 25.3 Å². The number of nitrogens with zero attached hydrogens (tertiary/aromatic N) is 2. The first-order chi connectivity index (χ1) is 9.38. The van der Waals surface area contributed by atoms with Crippen molar-refractivity contribution in [2.24, 2.45) is 0 Å². The Morgan fingerprint density at radius 1 is 1.20 bits per heavy atom. The minimum atomic E-state index is -0.245. The molecule has 0 saturated heterocycles. The van der Waals surface area contributed by atoms with Gasteiger partial charge in [-0.05, 0) is 37.1 Å². The number of anilines is 1. The van der Waals surface area contributed by atoms with Crippen LogP contribution in [0.1, 0.15) is 45.5 Å². The smallest absolute Gasteiger partial charge is 0.132 e. The number of hydrogen-bond donors (Lipinski definition) is 1. The molecule has 0 radical (unpaired) electrons. The van der Waals surface area contributed by atoms with Crippen LogP contribution in [0.5, 0.6) is 0 Å². The van der Waals surface area contributed by atoms with E-state index in [0.717, 1.165) is 29.9 Å². The van der Waals surface area contributed by atoms with E-state index in [0.29, 0.717) is 11.9 Å². The van der Waals surface area contributed by atoms with Crippen LogP contribution in [-0.4, -0.2) is 9.55 Å². The van der Waals surface area contributed by atoms with E-state index in [-0.39, 0.29) is 11.2 Å². The van der Waals surface area contributed by atoms with Crippen LogP contribution in [0.25, 0.3) is 11.3 Å². The van der Waals surface area contributed by atoms with Crippen LogP contribution in [-0.2, 0) is 5.41 Å². The molecule has 20 heavy (non-hydrogen) atoms. The maximum atomic E-state index is 13.1. The number of hydrogen-bond acceptors (Lipinski definition) is 2. The molecule has 2 aromatic rings. The number of halogens is 1. The zero-order chi connectivity index (χ0) is 14.5. The van der Waals surface area contributed by atoms with Crippen LogP contribution in [0.15, 0.2) is 24.3 Å². The first-order valence-electron chi connectivity index (χ1n) is 7.02. The molecule has 106 valence electrons. The van der Waals surface area contributed by atoms with Crippen molar-refractivity contribution in [1.29, 1.82) is 0 Å². The molecule has 0 unspecified atom stereocenters. The van der Waals surface area contributed by atoms with Gasteiger partial charge in [0.15, 0.2) is 0 Å². The lowest BCUT2D eigenvalue weighted by atomic mass is 9.95. The van der Waals surface area contributed by atoms with Crippen molar-refractivity contribution in [1.82, 2.24) is 9.55 Å². The maximum absolute atomic E-state index is 13.1. The van der Waals surface area contributed by atoms with Crippen LogP contribution in [0.3, 0.4) is 0 Å². The molecule has 0 amide bonds. The number of benzene rings is 1. The van der Waals surface area contributed by atoms with Crippen LogP contribution < -0.4 is 5.73 Å². The molecule has 1 saturated carbocycles. The molecular weight excluding hydrogens is 253 g/mol. The van der Waals surface area contributed by atoms with Crippen molar-refractivity contribution < 1.29 is 4.39 Å². The molecule has 0 atom stereocenters. The number of nitrogen functional groups attached to an aromatic ring is 1. The van der Waals surface area contributed by atoms with Gasteiger partial charge in [-0.3, -0.25) is 0 Å². The summed E-state index contributed by atoms with van der Waals surface area (Å²) in [5, 5.41) is 0. The number of rotatable bonds is 2. The summed E-state index contributed by atoms with van der Waals surface area (Å²) in [4.78, 5) is 4.76. The van der Waals surface area contributed by atoms with Crippen molar-refractivity contribution in [3.63, 3.8) is 0 Å². The van der Waals surface area contributed by atoms with Gasteiger partial charge in [0, 0.05) is 17.0 Å². The fourth-order valence-corrected chi connectivity index (χ4v) is 2.50. The third-order valence-corrected chi connectivity index (χ3v) is 3.65. The molecular formula is C16H20FN3. The fourth-order valence-electron chi connectivity index (χ4n) is 2.50. The molecule has 1 aromatic heterocycles. The number of imidazole rings is 1. The van der Waals surface area contributed by atoms with Gasteiger partial charge in [0.2, 0.25) is 0 Å². The van der Waals surface area contributed by atoms with Gasteiger partial charge in [0.1, 0.15) is 23.2 Å². The van der Waals surface area contributed by atoms with Gasteiger partial charge in [-0.25, -0.2) is 9.37 Å². The maximum Gasteiger partial charge on any atom is 0.132 e. The Bertz CT molecular complexity index is 631. The van der Waals surface area contributed by atoms with Crippen LogP contribution >= 0.6 is 0 Å². The summed E-state index contributed by atoms with van der Waals surface area (Å²) in [6, 6.07) is 6.84. The average molecular weight is 273 g/mol. The molecule has 1 heterocycles. The van der Waals surface area contributed by atoms with Gasteiger partial charge in [-0.2, -0.15) is 0 Å². The Morgan fingerprint density at radius 2 is 1.80 bits per heavy atom. The van der Waals surface area contributed by atoms with Crippen LogP contribution in [0.2, 0.25) is 0 Å². The molecule has 1 aromatic carbocycles. The minimum absolute atomic E-state index is 0.0605. The van der Waals surface area contributed by atoms with Gasteiger partial charge in [0.05, 0.1) is 0 Å². The van der Waals surface area contributed by atoms with E-state index in [9.17, 15) is 4.39 Å². The topological polar surface area (TPSA) is 43.8 Å². The first-order valence-corrected chi connectivity index (χ1v) is 7.02. The van der Waals surface area contributed by atoms with Crippen molar-refractivity contribution in [3.8, 4) is 11.3 Å². The molecule has 0 aliphatic heterocycles. The van der Waals surface area contributed by atoms with E-state index < -0.39 is 0 Å². The Hall–Kier alpha value is -1.84. The van der Waals surface area contributed by atoms with Crippen molar-refractivity contribution in [3.05, 3.63) is 35.9 Å². The summed E-state index contributed by atoms with van der Waals surface area (Å²) in [7, 11) is 0. The molecule has 0 spiro atoms. The highest BCUT2D eigenvalue weighted by Crippen LogP contribution is 2.43. The summed E-state index contributed by atoms with van der Waals surface area (Å²) in [6.07, 6.45) is 2.32. The van der Waals surface area contributed by atoms with Crippen molar-refractivity contribution in [2.75, 3.05) is 5.73 Å². The lowest BCUT2D eigenvalue weighted by Gasteiger charge is -2.20. The van der Waals surface area contributed by atoms with Crippen LogP contribution in [0, 0.1) is 5.82 Å². The summed E-state index contributed by atoms with van der Waals surface area (Å²) < 4.78 is 15.2. The molecule has 3 rings (SSSR count). The Labute approximate surface area is 118 Å². The standard InChI is InChI=1S/C16H20FN3/c1-16(2,3)15-19-13(10-4-6-11(17)7-5-10)14(18)20(15)12-8-9-12/h4-7,12H,8-9,18H2,1-3H3. The zero-order valence-corrected chi connectivity index (χ0v) is 12.2. The second-order valence-electron chi connectivity index (χ2n) is 6.53. The van der Waals surface area contributed by atoms with E-state index >= 15 is 0 Å². The van der Waals surface area contributed by atoms with E-state index in [4.69, 9.17) is 10.7 Å². The molecule has 1 fully saturated rings. The van der Waals surface area contributed by atoms with Crippen molar-refractivity contribution >= 4 is 5.82 Å². The molecule has 4 heteroatoms. The normalized spacial score (nSPS) is 15.6. The van der Waals surface area contributed by atoms with E-state index in [1.807, 2.05) is 0 Å². The molecule has 3 nitrogen and oxygen atoms in total. The summed E-state index contributed by atoms with van der Waals surface area (Å²) in [5.74, 6) is 1.46. The van der Waals surface area contributed by atoms with Gasteiger partial charge < -0.3 is 10.3 Å². The fraction of sp³-hybridized carbons (Fsp3) is 0.438. The third kappa shape index (κ3) is 2.19. The highest BCUT2D eigenvalue weighted by Gasteiger charge is 2.34. The predicted octanol–water partition coefficient (Wildman–Crippen LogP) is 3.90. The Kier molecular flexibility index (Phi) is 2.85. The molecule has 1 aliphatic carbocycles. The summed E-state index contributed by atoms with van der Waals surface area (Å²) in [6.45, 7) is 6.42. The van der Waals surface area contributed by atoms with E-state index in [1.54, 1.807) is 12.1 Å². The monoisotopic (exact) mass is 273 g/mol. The molecule has 2 N–H and O–H groups in total. The summed E-state index contributed by atoms with van der Waals surface area (Å²) >= 11 is 0. The second-order valence-corrected chi connectivity index (χ2v) is 6.53. The number of nitrogens with two attached hydrogens (primary N) is 1. The first kappa shape index (κ1) is 13.2. The summed E-state index contributed by atoms with van der Waals surface area (Å²) in [5.41, 5.74) is 7.89. The van der Waals surface area contributed by atoms with Gasteiger partial charge in [0.25, 0.3) is 0 Å². The quantitative estimate of drug-likeness (QED) is 0.901. The minimum Gasteiger partial charge on any atom is -0.383 e. The van der Waals surface area contributed by atoms with Crippen molar-refractivity contribution in [2.45, 2.75) is 45.1 Å². The lowest BCUT2D eigenvalue weighted by molar-refractivity contribution is 0.504. The van der Waals surface area contributed by atoms with Crippen LogP contribution in [0.4, 0.5) is 10.2 Å². The zero-order valence-electron chi connectivity index (χ0n) is 12.2. The average Bonchev–Trinajstić information content (AvgIpc) is 3.13. The lowest BCUT2D eigenvalue weighted by Crippen LogP contribution is -2.19. The molecule has 1 aliphatic rings. The van der Waals surface area contributed by atoms with E-state index in [1.165, 1.54) is 12.1 Å². The second kappa shape index (κ2) is 4.33. The van der Waals surface area contributed by atoms with Gasteiger partial charge in [-0.15, -0.1) is 0 Å². The Morgan fingerprint density at radius 3 is 2.30 bits per heavy atom.